The molecule has 244 valence electrons. The fourth-order valence-electron chi connectivity index (χ4n) is 3.41. The molecule has 0 aromatic heterocycles. The smallest absolute Gasteiger partial charge is 0.327 e. The summed E-state index contributed by atoms with van der Waals surface area (Å²) in [6, 6.07) is -2.43. The Balaban J connectivity index is 5.18. The molecule has 0 radical (unpaired) electrons. The summed E-state index contributed by atoms with van der Waals surface area (Å²) in [6.45, 7) is 19.7. The number of nitrogens with one attached hydrogen (secondary N) is 3. The lowest BCUT2D eigenvalue weighted by atomic mass is 9.90. The molecule has 0 saturated heterocycles. The van der Waals surface area contributed by atoms with Gasteiger partial charge in [0.15, 0.2) is 0 Å². The number of amides is 3. The van der Waals surface area contributed by atoms with Gasteiger partial charge in [-0.1, -0.05) is 41.5 Å². The fourth-order valence-corrected chi connectivity index (χ4v) is 4.61. The molecule has 2 atom stereocenters. The third kappa shape index (κ3) is 19.0. The summed E-state index contributed by atoms with van der Waals surface area (Å²) in [6.07, 6.45) is 1.14. The van der Waals surface area contributed by atoms with Crippen LogP contribution >= 0.6 is 11.8 Å². The number of carboxylic acids is 2. The maximum atomic E-state index is 13.2. The van der Waals surface area contributed by atoms with Crippen molar-refractivity contribution in [3.05, 3.63) is 0 Å². The van der Waals surface area contributed by atoms with Crippen molar-refractivity contribution < 1.29 is 38.9 Å². The van der Waals surface area contributed by atoms with E-state index in [1.54, 1.807) is 13.8 Å². The van der Waals surface area contributed by atoms with Crippen molar-refractivity contribution >= 4 is 41.4 Å². The summed E-state index contributed by atoms with van der Waals surface area (Å²) in [5, 5.41) is 26.7. The van der Waals surface area contributed by atoms with Crippen molar-refractivity contribution in [3.63, 3.8) is 0 Å². The van der Waals surface area contributed by atoms with Gasteiger partial charge in [0.2, 0.25) is 17.7 Å². The lowest BCUT2D eigenvalue weighted by molar-refractivity contribution is -0.144. The normalized spacial score (nSPS) is 14.0. The first-order valence-corrected chi connectivity index (χ1v) is 15.6. The van der Waals surface area contributed by atoms with Gasteiger partial charge in [0, 0.05) is 25.1 Å². The van der Waals surface area contributed by atoms with Crippen molar-refractivity contribution in [1.82, 2.24) is 16.0 Å². The Bertz CT molecular complexity index is 922. The predicted octanol–water partition coefficient (Wildman–Crippen LogP) is 3.84. The van der Waals surface area contributed by atoms with Gasteiger partial charge in [-0.25, -0.2) is 4.79 Å². The number of ether oxygens (including phenoxy) is 1. The molecule has 0 rings (SSSR count). The van der Waals surface area contributed by atoms with Crippen LogP contribution in [0.25, 0.3) is 0 Å². The Hall–Kier alpha value is -2.34. The number of thioether (sulfide) groups is 1. The maximum absolute atomic E-state index is 13.2. The molecule has 0 spiro atoms. The molecular formula is C30H55N3O8S. The van der Waals surface area contributed by atoms with Crippen LogP contribution in [0.3, 0.4) is 0 Å². The Morgan fingerprint density at radius 1 is 0.786 bits per heavy atom. The number of carbonyl (C=O) groups is 5. The zero-order valence-corrected chi connectivity index (χ0v) is 28.1. The largest absolute Gasteiger partial charge is 0.481 e. The molecule has 11 nitrogen and oxygen atoms in total. The molecule has 0 bridgehead atoms. The number of aliphatic carboxylic acids is 2. The minimum atomic E-state index is -1.24. The highest BCUT2D eigenvalue weighted by molar-refractivity contribution is 7.99. The second-order valence-corrected chi connectivity index (χ2v) is 15.6. The molecule has 12 heteroatoms. The first-order valence-electron chi connectivity index (χ1n) is 14.5. The fraction of sp³-hybridized carbons (Fsp3) is 0.833. The van der Waals surface area contributed by atoms with Gasteiger partial charge in [0.05, 0.1) is 17.6 Å². The van der Waals surface area contributed by atoms with E-state index in [-0.39, 0.29) is 41.9 Å². The van der Waals surface area contributed by atoms with E-state index in [9.17, 15) is 29.1 Å². The van der Waals surface area contributed by atoms with Crippen LogP contribution < -0.4 is 16.0 Å². The van der Waals surface area contributed by atoms with Gasteiger partial charge in [-0.3, -0.25) is 19.2 Å². The topological polar surface area (TPSA) is 171 Å². The van der Waals surface area contributed by atoms with E-state index in [0.29, 0.717) is 25.1 Å². The molecule has 3 amide bonds. The van der Waals surface area contributed by atoms with Gasteiger partial charge in [-0.2, -0.15) is 11.8 Å². The first-order chi connectivity index (χ1) is 18.9. The summed E-state index contributed by atoms with van der Waals surface area (Å²) in [5.74, 6) is -2.87. The first kappa shape index (κ1) is 39.7. The molecule has 0 heterocycles. The molecule has 0 aromatic rings. The number of carboxylic acid groups (broad SMARTS) is 2. The van der Waals surface area contributed by atoms with Crippen LogP contribution in [0.1, 0.15) is 101 Å². The third-order valence-corrected chi connectivity index (χ3v) is 7.93. The molecule has 0 saturated carbocycles. The lowest BCUT2D eigenvalue weighted by Crippen LogP contribution is -2.55. The number of carbonyl (C=O) groups excluding carboxylic acids is 3. The minimum absolute atomic E-state index is 0.00172. The van der Waals surface area contributed by atoms with E-state index in [0.717, 1.165) is 6.42 Å². The molecule has 0 aromatic carbocycles. The molecule has 0 aliphatic heterocycles. The highest BCUT2D eigenvalue weighted by Gasteiger charge is 2.35. The minimum Gasteiger partial charge on any atom is -0.481 e. The van der Waals surface area contributed by atoms with Gasteiger partial charge in [0.1, 0.15) is 12.1 Å². The van der Waals surface area contributed by atoms with Crippen LogP contribution in [0.4, 0.5) is 0 Å². The predicted molar refractivity (Wildman–Crippen MR) is 165 cm³/mol. The van der Waals surface area contributed by atoms with Crippen molar-refractivity contribution in [1.29, 1.82) is 0 Å². The van der Waals surface area contributed by atoms with Crippen LogP contribution in [0.15, 0.2) is 0 Å². The summed E-state index contributed by atoms with van der Waals surface area (Å²) >= 11 is 1.39. The zero-order chi connectivity index (χ0) is 32.9. The van der Waals surface area contributed by atoms with Crippen molar-refractivity contribution in [2.45, 2.75) is 119 Å². The van der Waals surface area contributed by atoms with E-state index >= 15 is 0 Å². The zero-order valence-electron chi connectivity index (χ0n) is 27.3. The highest BCUT2D eigenvalue weighted by atomic mass is 32.2. The summed E-state index contributed by atoms with van der Waals surface area (Å²) in [5.41, 5.74) is -1.71. The van der Waals surface area contributed by atoms with Crippen LogP contribution in [0.2, 0.25) is 0 Å². The summed E-state index contributed by atoms with van der Waals surface area (Å²) < 4.78 is 6.03. The van der Waals surface area contributed by atoms with Crippen LogP contribution in [0, 0.1) is 16.2 Å². The Kier molecular flexibility index (Phi) is 16.1. The number of rotatable bonds is 19. The number of hydrogen-bond acceptors (Lipinski definition) is 7. The van der Waals surface area contributed by atoms with Crippen LogP contribution in [0.5, 0.6) is 0 Å². The molecule has 0 unspecified atom stereocenters. The average Bonchev–Trinajstić information content (AvgIpc) is 2.81. The monoisotopic (exact) mass is 617 g/mol. The van der Waals surface area contributed by atoms with E-state index in [2.05, 4.69) is 36.7 Å². The van der Waals surface area contributed by atoms with Crippen molar-refractivity contribution in [3.8, 4) is 0 Å². The molecule has 0 fully saturated rings. The van der Waals surface area contributed by atoms with Gasteiger partial charge < -0.3 is 30.9 Å². The van der Waals surface area contributed by atoms with Crippen molar-refractivity contribution in [2.75, 3.05) is 24.7 Å². The molecule has 42 heavy (non-hydrogen) atoms. The van der Waals surface area contributed by atoms with Gasteiger partial charge >= 0.3 is 11.9 Å². The second kappa shape index (κ2) is 17.1. The van der Waals surface area contributed by atoms with Crippen molar-refractivity contribution in [2.24, 2.45) is 16.2 Å². The Labute approximate surface area is 256 Å². The Morgan fingerprint density at radius 2 is 1.38 bits per heavy atom. The molecule has 5 N–H and O–H groups in total. The van der Waals surface area contributed by atoms with E-state index in [1.165, 1.54) is 11.8 Å². The van der Waals surface area contributed by atoms with Crippen LogP contribution in [-0.2, 0) is 28.7 Å². The number of hydrogen-bond donors (Lipinski definition) is 5. The molecular weight excluding hydrogens is 562 g/mol. The van der Waals surface area contributed by atoms with E-state index in [1.807, 2.05) is 34.6 Å². The summed E-state index contributed by atoms with van der Waals surface area (Å²) in [4.78, 5) is 61.3. The standard InChI is InChI=1S/C30H55N3O8S/c1-27(2,3)14-13-22(34)31-16-15-30(9,10)41-18-29(7,8)26(40)33-20(11-12-23(35)36)24(37)32-21(25(38)39)17-42-19-28(4,5)6/h20-21H,11-19H2,1-10H3,(H,31,34)(H,32,37)(H,33,40)(H,35,36)(H,38,39)/t20-,21-/m0/s1. The summed E-state index contributed by atoms with van der Waals surface area (Å²) in [7, 11) is 0. The van der Waals surface area contributed by atoms with E-state index in [4.69, 9.17) is 9.84 Å². The van der Waals surface area contributed by atoms with Gasteiger partial charge in [0.25, 0.3) is 0 Å². The van der Waals surface area contributed by atoms with Crippen LogP contribution in [-0.4, -0.2) is 82.2 Å². The lowest BCUT2D eigenvalue weighted by Gasteiger charge is -2.32. The highest BCUT2D eigenvalue weighted by Crippen LogP contribution is 2.24. The second-order valence-electron chi connectivity index (χ2n) is 14.5. The average molecular weight is 618 g/mol. The van der Waals surface area contributed by atoms with E-state index < -0.39 is 46.9 Å². The third-order valence-electron chi connectivity index (χ3n) is 6.29. The quantitative estimate of drug-likeness (QED) is 0.144. The Morgan fingerprint density at radius 3 is 1.88 bits per heavy atom. The van der Waals surface area contributed by atoms with Gasteiger partial charge in [-0.05, 0) is 63.5 Å². The molecule has 0 aliphatic rings. The van der Waals surface area contributed by atoms with Gasteiger partial charge in [-0.15, -0.1) is 0 Å². The maximum Gasteiger partial charge on any atom is 0.327 e. The molecule has 0 aliphatic carbocycles. The SMILES string of the molecule is CC(C)(C)CCC(=O)NCCC(C)(C)OCC(C)(C)C(=O)N[C@@H](CCC(=O)O)C(=O)N[C@@H](CSCC(C)(C)C)C(=O)O.